The van der Waals surface area contributed by atoms with Crippen molar-refractivity contribution in [2.75, 3.05) is 29.8 Å². The summed E-state index contributed by atoms with van der Waals surface area (Å²) in [7, 11) is 2.91. The van der Waals surface area contributed by atoms with Crippen molar-refractivity contribution < 1.29 is 23.9 Å². The van der Waals surface area contributed by atoms with Gasteiger partial charge in [0.25, 0.3) is 17.7 Å². The molecule has 0 unspecified atom stereocenters. The fourth-order valence-corrected chi connectivity index (χ4v) is 4.02. The molecule has 2 N–H and O–H groups in total. The maximum Gasteiger partial charge on any atom is 0.283 e. The molecular weight excluding hydrogens is 494 g/mol. The molecule has 0 saturated heterocycles. The molecule has 4 rings (SSSR count). The van der Waals surface area contributed by atoms with E-state index < -0.39 is 11.8 Å². The van der Waals surface area contributed by atoms with Crippen LogP contribution in [-0.2, 0) is 9.59 Å². The lowest BCUT2D eigenvalue weighted by Gasteiger charge is -2.19. The average molecular weight is 520 g/mol. The lowest BCUT2D eigenvalue weighted by atomic mass is 10.0. The second-order valence-corrected chi connectivity index (χ2v) is 8.98. The Morgan fingerprint density at radius 1 is 0.865 bits per heavy atom. The summed E-state index contributed by atoms with van der Waals surface area (Å²) in [5.41, 5.74) is 2.90. The fourth-order valence-electron chi connectivity index (χ4n) is 3.81. The predicted molar refractivity (Wildman–Crippen MR) is 143 cm³/mol. The predicted octanol–water partition coefficient (Wildman–Crippen LogP) is 5.52. The first-order valence-corrected chi connectivity index (χ1v) is 11.9. The summed E-state index contributed by atoms with van der Waals surface area (Å²) in [6.07, 6.45) is 0. The number of anilines is 3. The van der Waals surface area contributed by atoms with Gasteiger partial charge < -0.3 is 20.1 Å². The number of imide groups is 1. The van der Waals surface area contributed by atoms with Gasteiger partial charge in [0.2, 0.25) is 0 Å². The van der Waals surface area contributed by atoms with Crippen molar-refractivity contribution in [2.24, 2.45) is 0 Å². The molecule has 0 radical (unpaired) electrons. The van der Waals surface area contributed by atoms with Crippen LogP contribution in [-0.4, -0.2) is 31.9 Å². The van der Waals surface area contributed by atoms with Gasteiger partial charge >= 0.3 is 0 Å². The van der Waals surface area contributed by atoms with Gasteiger partial charge in [-0.05, 0) is 60.0 Å². The van der Waals surface area contributed by atoms with Gasteiger partial charge in [-0.2, -0.15) is 0 Å². The highest BCUT2D eigenvalue weighted by atomic mass is 35.5. The van der Waals surface area contributed by atoms with Crippen molar-refractivity contribution in [2.45, 2.75) is 19.8 Å². The fraction of sp³-hybridized carbons (Fsp3) is 0.179. The average Bonchev–Trinajstić information content (AvgIpc) is 3.11. The van der Waals surface area contributed by atoms with Crippen LogP contribution in [0.15, 0.2) is 77.5 Å². The molecule has 8 nitrogen and oxygen atoms in total. The van der Waals surface area contributed by atoms with Gasteiger partial charge in [0, 0.05) is 23.0 Å². The van der Waals surface area contributed by atoms with Gasteiger partial charge in [-0.25, -0.2) is 4.90 Å². The molecular formula is C28H26ClN3O5. The Hall–Kier alpha value is -4.30. The van der Waals surface area contributed by atoms with E-state index >= 15 is 0 Å². The summed E-state index contributed by atoms with van der Waals surface area (Å²) < 4.78 is 10.5. The monoisotopic (exact) mass is 519 g/mol. The van der Waals surface area contributed by atoms with Crippen molar-refractivity contribution >= 4 is 46.4 Å². The van der Waals surface area contributed by atoms with Crippen molar-refractivity contribution in [3.63, 3.8) is 0 Å². The molecule has 1 aliphatic rings. The third kappa shape index (κ3) is 5.29. The highest BCUT2D eigenvalue weighted by molar-refractivity contribution is 6.53. The van der Waals surface area contributed by atoms with Crippen molar-refractivity contribution in [1.29, 1.82) is 0 Å². The molecule has 37 heavy (non-hydrogen) atoms. The third-order valence-corrected chi connectivity index (χ3v) is 6.26. The normalized spacial score (nSPS) is 13.3. The molecule has 3 aromatic carbocycles. The molecule has 0 atom stereocenters. The van der Waals surface area contributed by atoms with Crippen LogP contribution in [0.5, 0.6) is 11.5 Å². The van der Waals surface area contributed by atoms with Crippen LogP contribution in [0.25, 0.3) is 0 Å². The summed E-state index contributed by atoms with van der Waals surface area (Å²) in [6.45, 7) is 4.21. The Morgan fingerprint density at radius 2 is 1.51 bits per heavy atom. The Morgan fingerprint density at radius 3 is 2.11 bits per heavy atom. The number of methoxy groups -OCH3 is 2. The van der Waals surface area contributed by atoms with E-state index in [1.54, 1.807) is 36.4 Å². The number of nitrogens with one attached hydrogen (secondary N) is 2. The van der Waals surface area contributed by atoms with E-state index in [1.165, 1.54) is 25.8 Å². The molecule has 0 aromatic heterocycles. The number of hydrogen-bond acceptors (Lipinski definition) is 6. The minimum atomic E-state index is -0.694. The van der Waals surface area contributed by atoms with Crippen molar-refractivity contribution in [1.82, 2.24) is 0 Å². The van der Waals surface area contributed by atoms with E-state index in [2.05, 4.69) is 24.5 Å². The highest BCUT2D eigenvalue weighted by Gasteiger charge is 2.40. The Kier molecular flexibility index (Phi) is 7.50. The number of amides is 3. The van der Waals surface area contributed by atoms with Crippen LogP contribution in [0.3, 0.4) is 0 Å². The second-order valence-electron chi connectivity index (χ2n) is 8.61. The molecule has 9 heteroatoms. The lowest BCUT2D eigenvalue weighted by Crippen LogP contribution is -2.32. The van der Waals surface area contributed by atoms with Crippen LogP contribution in [0.4, 0.5) is 17.1 Å². The first kappa shape index (κ1) is 25.8. The summed E-state index contributed by atoms with van der Waals surface area (Å²) >= 11 is 6.26. The molecule has 0 aliphatic carbocycles. The smallest absolute Gasteiger partial charge is 0.283 e. The van der Waals surface area contributed by atoms with Gasteiger partial charge in [0.1, 0.15) is 22.2 Å². The zero-order valence-electron chi connectivity index (χ0n) is 20.8. The number of hydrogen-bond donors (Lipinski definition) is 2. The Balaban J connectivity index is 1.48. The SMILES string of the molecule is COc1ccc(OC)c(N2C(=O)C(Cl)=C(Nc3ccc(C(=O)Nc4ccc(C(C)C)cc4)cc3)C2=O)c1. The van der Waals surface area contributed by atoms with Crippen LogP contribution in [0.1, 0.15) is 35.7 Å². The summed E-state index contributed by atoms with van der Waals surface area (Å²) in [5, 5.41) is 5.50. The number of rotatable bonds is 8. The first-order valence-electron chi connectivity index (χ1n) is 11.5. The van der Waals surface area contributed by atoms with E-state index in [-0.39, 0.29) is 22.3 Å². The van der Waals surface area contributed by atoms with Crippen LogP contribution >= 0.6 is 11.6 Å². The zero-order valence-corrected chi connectivity index (χ0v) is 21.6. The molecule has 0 spiro atoms. The van der Waals surface area contributed by atoms with E-state index in [0.717, 1.165) is 4.90 Å². The van der Waals surface area contributed by atoms with Gasteiger partial charge in [0.05, 0.1) is 19.9 Å². The quantitative estimate of drug-likeness (QED) is 0.381. The standard InChI is InChI=1S/C28H26ClN3O5/c1-16(2)17-5-9-20(10-6-17)31-26(33)18-7-11-19(12-8-18)30-25-24(29)27(34)32(28(25)35)22-15-21(36-3)13-14-23(22)37-4/h5-16,30H,1-4H3,(H,31,33). The van der Waals surface area contributed by atoms with Crippen LogP contribution in [0.2, 0.25) is 0 Å². The minimum Gasteiger partial charge on any atom is -0.497 e. The lowest BCUT2D eigenvalue weighted by molar-refractivity contribution is -0.120. The van der Waals surface area contributed by atoms with E-state index in [9.17, 15) is 14.4 Å². The Labute approximate surface area is 219 Å². The molecule has 0 saturated carbocycles. The number of halogens is 1. The van der Waals surface area contributed by atoms with Crippen molar-refractivity contribution in [3.8, 4) is 11.5 Å². The van der Waals surface area contributed by atoms with Gasteiger partial charge in [-0.3, -0.25) is 14.4 Å². The zero-order chi connectivity index (χ0) is 26.7. The maximum absolute atomic E-state index is 13.2. The number of benzene rings is 3. The molecule has 0 bridgehead atoms. The van der Waals surface area contributed by atoms with Gasteiger partial charge in [-0.15, -0.1) is 0 Å². The molecule has 1 heterocycles. The number of carbonyl (C=O) groups is 3. The summed E-state index contributed by atoms with van der Waals surface area (Å²) in [5.74, 6) is -0.459. The molecule has 0 fully saturated rings. The maximum atomic E-state index is 13.2. The Bertz CT molecular complexity index is 1380. The van der Waals surface area contributed by atoms with Crippen molar-refractivity contribution in [3.05, 3.63) is 88.6 Å². The number of nitrogens with zero attached hydrogens (tertiary/aromatic N) is 1. The van der Waals surface area contributed by atoms with E-state index in [4.69, 9.17) is 21.1 Å². The molecule has 3 amide bonds. The summed E-state index contributed by atoms with van der Waals surface area (Å²) in [6, 6.07) is 18.9. The summed E-state index contributed by atoms with van der Waals surface area (Å²) in [4.78, 5) is 39.7. The number of carbonyl (C=O) groups excluding carboxylic acids is 3. The second kappa shape index (κ2) is 10.8. The minimum absolute atomic E-state index is 0.0843. The third-order valence-electron chi connectivity index (χ3n) is 5.91. The largest absolute Gasteiger partial charge is 0.497 e. The van der Waals surface area contributed by atoms with Gasteiger partial charge in [-0.1, -0.05) is 37.6 Å². The van der Waals surface area contributed by atoms with E-state index in [1.807, 2.05) is 24.3 Å². The number of ether oxygens (including phenoxy) is 2. The molecule has 1 aliphatic heterocycles. The topological polar surface area (TPSA) is 97.0 Å². The van der Waals surface area contributed by atoms with E-state index in [0.29, 0.717) is 34.4 Å². The molecule has 190 valence electrons. The van der Waals surface area contributed by atoms with Crippen LogP contribution < -0.4 is 25.0 Å². The molecule has 3 aromatic rings. The highest BCUT2D eigenvalue weighted by Crippen LogP contribution is 2.38. The van der Waals surface area contributed by atoms with Gasteiger partial charge in [0.15, 0.2) is 0 Å². The van der Waals surface area contributed by atoms with Crippen LogP contribution in [0, 0.1) is 0 Å². The first-order chi connectivity index (χ1) is 17.7.